The van der Waals surface area contributed by atoms with E-state index in [1.807, 2.05) is 75.9 Å². The van der Waals surface area contributed by atoms with E-state index >= 15 is 0 Å². The first kappa shape index (κ1) is 19.0. The quantitative estimate of drug-likeness (QED) is 0.471. The van der Waals surface area contributed by atoms with Crippen molar-refractivity contribution in [2.75, 3.05) is 14.1 Å². The molecule has 0 saturated heterocycles. The number of hydrogen-bond acceptors (Lipinski definition) is 5. The highest BCUT2D eigenvalue weighted by molar-refractivity contribution is 6.30. The topological polar surface area (TPSA) is 59.5 Å². The van der Waals surface area contributed by atoms with Crippen LogP contribution in [0.5, 0.6) is 0 Å². The fourth-order valence-electron chi connectivity index (χ4n) is 3.13. The van der Waals surface area contributed by atoms with E-state index in [0.717, 1.165) is 33.3 Å². The van der Waals surface area contributed by atoms with Crippen molar-refractivity contribution >= 4 is 11.6 Å². The Kier molecular flexibility index (Phi) is 5.18. The van der Waals surface area contributed by atoms with Gasteiger partial charge in [0.25, 0.3) is 0 Å². The zero-order valence-corrected chi connectivity index (χ0v) is 17.1. The Balaban J connectivity index is 1.94. The Bertz CT molecular complexity index is 1180. The number of hydrogen-bond donors (Lipinski definition) is 0. The van der Waals surface area contributed by atoms with Gasteiger partial charge in [-0.1, -0.05) is 35.9 Å². The van der Waals surface area contributed by atoms with Gasteiger partial charge in [-0.05, 0) is 35.4 Å². The molecule has 0 N–H and O–H groups in total. The molecule has 0 aliphatic rings. The van der Waals surface area contributed by atoms with Crippen LogP contribution in [-0.4, -0.2) is 33.9 Å². The summed E-state index contributed by atoms with van der Waals surface area (Å²) in [5.74, 6) is 0.591. The van der Waals surface area contributed by atoms with Gasteiger partial charge in [0.15, 0.2) is 5.49 Å². The zero-order chi connectivity index (χ0) is 20.4. The largest absolute Gasteiger partial charge is 0.445 e. The van der Waals surface area contributed by atoms with Crippen molar-refractivity contribution in [3.63, 3.8) is 0 Å². The molecule has 0 bridgehead atoms. The predicted molar refractivity (Wildman–Crippen MR) is 114 cm³/mol. The number of nitrogens with zero attached hydrogens (tertiary/aromatic N) is 5. The molecule has 0 aliphatic heterocycles. The molecule has 0 radical (unpaired) electrons. The summed E-state index contributed by atoms with van der Waals surface area (Å²) in [5.41, 5.74) is 5.66. The highest BCUT2D eigenvalue weighted by Crippen LogP contribution is 2.31. The van der Waals surface area contributed by atoms with Crippen LogP contribution in [-0.2, 0) is 7.05 Å². The van der Waals surface area contributed by atoms with Gasteiger partial charge in [0.05, 0.1) is 12.4 Å². The van der Waals surface area contributed by atoms with Crippen LogP contribution in [0.3, 0.4) is 0 Å². The first-order chi connectivity index (χ1) is 14.0. The summed E-state index contributed by atoms with van der Waals surface area (Å²) in [6.07, 6.45) is 5.06. The lowest BCUT2D eigenvalue weighted by molar-refractivity contribution is 0.409. The molecule has 0 aliphatic carbocycles. The molecule has 7 heteroatoms. The van der Waals surface area contributed by atoms with Crippen LogP contribution in [0.25, 0.3) is 33.7 Å². The van der Waals surface area contributed by atoms with Gasteiger partial charge in [-0.3, -0.25) is 0 Å². The van der Waals surface area contributed by atoms with Crippen LogP contribution in [0.4, 0.5) is 0 Å². The molecule has 0 fully saturated rings. The molecular formula is C22H20ClN5O. The summed E-state index contributed by atoms with van der Waals surface area (Å²) in [5, 5.41) is 11.7. The average molecular weight is 406 g/mol. The van der Waals surface area contributed by atoms with Crippen molar-refractivity contribution in [2.24, 2.45) is 12.1 Å². The number of aryl methyl sites for hydroxylation is 1. The van der Waals surface area contributed by atoms with Crippen molar-refractivity contribution in [3.05, 3.63) is 77.7 Å². The molecule has 29 heavy (non-hydrogen) atoms. The summed E-state index contributed by atoms with van der Waals surface area (Å²) < 4.78 is 7.18. The van der Waals surface area contributed by atoms with Crippen molar-refractivity contribution in [2.45, 2.75) is 0 Å². The van der Waals surface area contributed by atoms with Crippen molar-refractivity contribution < 1.29 is 4.42 Å². The molecule has 4 rings (SSSR count). The van der Waals surface area contributed by atoms with E-state index in [1.54, 1.807) is 22.2 Å². The van der Waals surface area contributed by atoms with Gasteiger partial charge in [0.2, 0.25) is 5.89 Å². The third-order valence-corrected chi connectivity index (χ3v) is 4.71. The SMILES string of the molecule is CN(C)/N=c1/c(-c2ccc(-c3ncco3)cc2)c(-c2ccc(Cl)cc2)cnn1C. The first-order valence-corrected chi connectivity index (χ1v) is 9.45. The molecule has 2 aromatic carbocycles. The second-order valence-corrected chi connectivity index (χ2v) is 7.19. The number of halogens is 1. The maximum absolute atomic E-state index is 6.09. The van der Waals surface area contributed by atoms with Crippen LogP contribution in [0.1, 0.15) is 0 Å². The molecule has 0 unspecified atom stereocenters. The minimum Gasteiger partial charge on any atom is -0.445 e. The maximum atomic E-state index is 6.09. The van der Waals surface area contributed by atoms with E-state index in [2.05, 4.69) is 15.2 Å². The molecule has 0 amide bonds. The lowest BCUT2D eigenvalue weighted by atomic mass is 9.96. The van der Waals surface area contributed by atoms with Crippen LogP contribution in [0.15, 0.2) is 76.7 Å². The van der Waals surface area contributed by atoms with E-state index in [-0.39, 0.29) is 0 Å². The van der Waals surface area contributed by atoms with Gasteiger partial charge >= 0.3 is 0 Å². The highest BCUT2D eigenvalue weighted by atomic mass is 35.5. The monoisotopic (exact) mass is 405 g/mol. The summed E-state index contributed by atoms with van der Waals surface area (Å²) in [6, 6.07) is 15.8. The Hall–Kier alpha value is -3.38. The summed E-state index contributed by atoms with van der Waals surface area (Å²) >= 11 is 6.09. The van der Waals surface area contributed by atoms with Gasteiger partial charge in [-0.15, -0.1) is 0 Å². The number of rotatable bonds is 4. The standard InChI is InChI=1S/C22H20ClN5O/c1-27(2)26-21-20(16-4-6-17(7-5-16)22-24-12-13-29-22)19(14-25-28(21)3)15-8-10-18(23)11-9-15/h4-14H,1-3H3/b26-21-. The van der Waals surface area contributed by atoms with Crippen molar-refractivity contribution in [1.82, 2.24) is 19.8 Å². The third-order valence-electron chi connectivity index (χ3n) is 4.46. The Labute approximate surface area is 173 Å². The van der Waals surface area contributed by atoms with Crippen LogP contribution in [0.2, 0.25) is 5.02 Å². The van der Waals surface area contributed by atoms with Gasteiger partial charge in [-0.25, -0.2) is 9.67 Å². The van der Waals surface area contributed by atoms with Gasteiger partial charge in [-0.2, -0.15) is 10.2 Å². The summed E-state index contributed by atoms with van der Waals surface area (Å²) in [6.45, 7) is 0. The molecule has 4 aromatic rings. The lowest BCUT2D eigenvalue weighted by Crippen LogP contribution is -2.26. The third kappa shape index (κ3) is 3.93. The maximum Gasteiger partial charge on any atom is 0.225 e. The van der Waals surface area contributed by atoms with E-state index in [1.165, 1.54) is 0 Å². The number of benzene rings is 2. The molecule has 2 aromatic heterocycles. The highest BCUT2D eigenvalue weighted by Gasteiger charge is 2.14. The first-order valence-electron chi connectivity index (χ1n) is 9.07. The van der Waals surface area contributed by atoms with E-state index in [9.17, 15) is 0 Å². The molecule has 0 spiro atoms. The van der Waals surface area contributed by atoms with Crippen molar-refractivity contribution in [3.8, 4) is 33.7 Å². The minimum atomic E-state index is 0.591. The molecule has 0 atom stereocenters. The van der Waals surface area contributed by atoms with Crippen LogP contribution in [0, 0.1) is 0 Å². The Morgan fingerprint density at radius 3 is 2.24 bits per heavy atom. The predicted octanol–water partition coefficient (Wildman–Crippen LogP) is 4.44. The fraction of sp³-hybridized carbons (Fsp3) is 0.136. The molecule has 146 valence electrons. The second kappa shape index (κ2) is 7.93. The fourth-order valence-corrected chi connectivity index (χ4v) is 3.25. The molecule has 0 saturated carbocycles. The molecule has 2 heterocycles. The Morgan fingerprint density at radius 2 is 1.62 bits per heavy atom. The molecular weight excluding hydrogens is 386 g/mol. The second-order valence-electron chi connectivity index (χ2n) is 6.75. The minimum absolute atomic E-state index is 0.591. The summed E-state index contributed by atoms with van der Waals surface area (Å²) in [4.78, 5) is 4.21. The van der Waals surface area contributed by atoms with E-state index < -0.39 is 0 Å². The zero-order valence-electron chi connectivity index (χ0n) is 16.4. The van der Waals surface area contributed by atoms with Crippen LogP contribution >= 0.6 is 11.6 Å². The van der Waals surface area contributed by atoms with Crippen LogP contribution < -0.4 is 5.49 Å². The number of oxazole rings is 1. The molecule has 6 nitrogen and oxygen atoms in total. The lowest BCUT2D eigenvalue weighted by Gasteiger charge is -2.15. The Morgan fingerprint density at radius 1 is 0.966 bits per heavy atom. The van der Waals surface area contributed by atoms with E-state index in [4.69, 9.17) is 16.0 Å². The van der Waals surface area contributed by atoms with Gasteiger partial charge < -0.3 is 9.43 Å². The smallest absolute Gasteiger partial charge is 0.225 e. The van der Waals surface area contributed by atoms with Gasteiger partial charge in [0.1, 0.15) is 6.26 Å². The average Bonchev–Trinajstić information content (AvgIpc) is 3.25. The van der Waals surface area contributed by atoms with Gasteiger partial charge in [0, 0.05) is 42.9 Å². The summed E-state index contributed by atoms with van der Waals surface area (Å²) in [7, 11) is 5.67. The van der Waals surface area contributed by atoms with E-state index in [0.29, 0.717) is 10.9 Å². The number of aromatic nitrogens is 3. The van der Waals surface area contributed by atoms with Crippen molar-refractivity contribution in [1.29, 1.82) is 0 Å². The normalized spacial score (nSPS) is 11.7.